The Balaban J connectivity index is 2.42. The maximum Gasteiger partial charge on any atom is 0.227 e. The Kier molecular flexibility index (Phi) is 4.38. The fourth-order valence-electron chi connectivity index (χ4n) is 1.69. The van der Waals surface area contributed by atoms with Crippen LogP contribution in [-0.4, -0.2) is 18.0 Å². The lowest BCUT2D eigenvalue weighted by molar-refractivity contribution is -0.124. The van der Waals surface area contributed by atoms with E-state index >= 15 is 0 Å². The second-order valence-corrected chi connectivity index (χ2v) is 3.91. The van der Waals surface area contributed by atoms with Gasteiger partial charge in [-0.25, -0.2) is 0 Å². The Labute approximate surface area is 91.1 Å². The molecule has 0 saturated heterocycles. The molecular weight excluding hydrogens is 188 g/mol. The molecule has 0 bridgehead atoms. The average Bonchev–Trinajstić information content (AvgIpc) is 2.64. The third-order valence-electron chi connectivity index (χ3n) is 2.55. The normalized spacial score (nSPS) is 25.9. The fourth-order valence-corrected chi connectivity index (χ4v) is 1.69. The summed E-state index contributed by atoms with van der Waals surface area (Å²) >= 11 is 0. The van der Waals surface area contributed by atoms with Crippen LogP contribution in [0.3, 0.4) is 0 Å². The van der Waals surface area contributed by atoms with Gasteiger partial charge in [-0.15, -0.1) is 6.42 Å². The lowest BCUT2D eigenvalue weighted by Crippen LogP contribution is -2.37. The number of hydrogen-bond acceptors (Lipinski definition) is 2. The number of hydrogen-bond donors (Lipinski definition) is 2. The minimum Gasteiger partial charge on any atom is -0.342 e. The van der Waals surface area contributed by atoms with E-state index in [0.717, 1.165) is 12.8 Å². The van der Waals surface area contributed by atoms with E-state index in [-0.39, 0.29) is 23.9 Å². The standard InChI is InChI=1S/C12H18N2O/c1-3-5-11(4-2)14-12(15)9-6-7-10(13)8-9/h2,6-7,9-11H,3,5,8,13H2,1H3,(H,14,15). The largest absolute Gasteiger partial charge is 0.342 e. The molecule has 0 heterocycles. The van der Waals surface area contributed by atoms with Gasteiger partial charge in [0.15, 0.2) is 0 Å². The number of rotatable bonds is 4. The molecule has 3 unspecified atom stereocenters. The summed E-state index contributed by atoms with van der Waals surface area (Å²) in [6.07, 6.45) is 11.5. The first-order chi connectivity index (χ1) is 7.17. The molecule has 15 heavy (non-hydrogen) atoms. The van der Waals surface area contributed by atoms with E-state index in [1.165, 1.54) is 0 Å². The first-order valence-corrected chi connectivity index (χ1v) is 5.37. The van der Waals surface area contributed by atoms with Crippen LogP contribution in [0.5, 0.6) is 0 Å². The quantitative estimate of drug-likeness (QED) is 0.528. The van der Waals surface area contributed by atoms with Crippen molar-refractivity contribution in [1.82, 2.24) is 5.32 Å². The van der Waals surface area contributed by atoms with Gasteiger partial charge in [0.05, 0.1) is 12.0 Å². The van der Waals surface area contributed by atoms with Gasteiger partial charge in [0.25, 0.3) is 0 Å². The van der Waals surface area contributed by atoms with Crippen molar-refractivity contribution in [1.29, 1.82) is 0 Å². The van der Waals surface area contributed by atoms with E-state index in [1.54, 1.807) is 0 Å². The molecule has 82 valence electrons. The van der Waals surface area contributed by atoms with Crippen LogP contribution in [0.25, 0.3) is 0 Å². The second-order valence-electron chi connectivity index (χ2n) is 3.91. The van der Waals surface area contributed by atoms with Crippen molar-refractivity contribution in [2.45, 2.75) is 38.3 Å². The lowest BCUT2D eigenvalue weighted by Gasteiger charge is -2.15. The van der Waals surface area contributed by atoms with Crippen LogP contribution in [0.1, 0.15) is 26.2 Å². The third kappa shape index (κ3) is 3.41. The van der Waals surface area contributed by atoms with Crippen molar-refractivity contribution in [2.75, 3.05) is 0 Å². The van der Waals surface area contributed by atoms with Crippen molar-refractivity contribution >= 4 is 5.91 Å². The molecule has 1 rings (SSSR count). The second kappa shape index (κ2) is 5.57. The van der Waals surface area contributed by atoms with Crippen LogP contribution in [0.2, 0.25) is 0 Å². The summed E-state index contributed by atoms with van der Waals surface area (Å²) < 4.78 is 0. The molecule has 3 atom stereocenters. The number of nitrogens with two attached hydrogens (primary N) is 1. The predicted molar refractivity (Wildman–Crippen MR) is 60.9 cm³/mol. The molecule has 0 spiro atoms. The van der Waals surface area contributed by atoms with E-state index in [9.17, 15) is 4.79 Å². The molecular formula is C12H18N2O. The monoisotopic (exact) mass is 206 g/mol. The van der Waals surface area contributed by atoms with Crippen LogP contribution in [0, 0.1) is 18.3 Å². The van der Waals surface area contributed by atoms with Crippen molar-refractivity contribution in [3.8, 4) is 12.3 Å². The SMILES string of the molecule is C#CC(CCC)NC(=O)C1C=CC(N)C1. The van der Waals surface area contributed by atoms with Gasteiger partial charge >= 0.3 is 0 Å². The van der Waals surface area contributed by atoms with Crippen molar-refractivity contribution in [2.24, 2.45) is 11.7 Å². The van der Waals surface area contributed by atoms with Gasteiger partial charge in [-0.3, -0.25) is 4.79 Å². The van der Waals surface area contributed by atoms with Crippen LogP contribution < -0.4 is 11.1 Å². The zero-order chi connectivity index (χ0) is 11.3. The summed E-state index contributed by atoms with van der Waals surface area (Å²) in [5.74, 6) is 2.47. The molecule has 3 N–H and O–H groups in total. The molecule has 1 aliphatic carbocycles. The summed E-state index contributed by atoms with van der Waals surface area (Å²) in [5, 5.41) is 2.85. The minimum atomic E-state index is -0.146. The Bertz CT molecular complexity index is 290. The van der Waals surface area contributed by atoms with Crippen LogP contribution in [0.15, 0.2) is 12.2 Å². The average molecular weight is 206 g/mol. The van der Waals surface area contributed by atoms with Gasteiger partial charge < -0.3 is 11.1 Å². The van der Waals surface area contributed by atoms with Crippen molar-refractivity contribution < 1.29 is 4.79 Å². The smallest absolute Gasteiger partial charge is 0.227 e. The van der Waals surface area contributed by atoms with E-state index in [1.807, 2.05) is 19.1 Å². The van der Waals surface area contributed by atoms with E-state index in [0.29, 0.717) is 6.42 Å². The van der Waals surface area contributed by atoms with Gasteiger partial charge in [0.1, 0.15) is 0 Å². The van der Waals surface area contributed by atoms with Crippen molar-refractivity contribution in [3.63, 3.8) is 0 Å². The molecule has 0 radical (unpaired) electrons. The highest BCUT2D eigenvalue weighted by molar-refractivity contribution is 5.81. The first-order valence-electron chi connectivity index (χ1n) is 5.37. The Hall–Kier alpha value is -1.27. The van der Waals surface area contributed by atoms with Crippen LogP contribution >= 0.6 is 0 Å². The maximum absolute atomic E-state index is 11.7. The minimum absolute atomic E-state index is 0.00407. The summed E-state index contributed by atoms with van der Waals surface area (Å²) in [4.78, 5) is 11.7. The number of terminal acetylenes is 1. The van der Waals surface area contributed by atoms with Gasteiger partial charge in [-0.05, 0) is 12.8 Å². The van der Waals surface area contributed by atoms with Gasteiger partial charge in [-0.1, -0.05) is 31.4 Å². The van der Waals surface area contributed by atoms with E-state index < -0.39 is 0 Å². The van der Waals surface area contributed by atoms with Gasteiger partial charge in [-0.2, -0.15) is 0 Å². The van der Waals surface area contributed by atoms with Crippen LogP contribution in [-0.2, 0) is 4.79 Å². The third-order valence-corrected chi connectivity index (χ3v) is 2.55. The molecule has 0 saturated carbocycles. The number of nitrogens with one attached hydrogen (secondary N) is 1. The molecule has 0 aliphatic heterocycles. The summed E-state index contributed by atoms with van der Waals surface area (Å²) in [5.41, 5.74) is 5.68. The molecule has 0 aromatic rings. The van der Waals surface area contributed by atoms with Crippen molar-refractivity contribution in [3.05, 3.63) is 12.2 Å². The lowest BCUT2D eigenvalue weighted by atomic mass is 10.1. The van der Waals surface area contributed by atoms with E-state index in [4.69, 9.17) is 12.2 Å². The highest BCUT2D eigenvalue weighted by Crippen LogP contribution is 2.16. The van der Waals surface area contributed by atoms with Gasteiger partial charge in [0.2, 0.25) is 5.91 Å². The number of carbonyl (C=O) groups is 1. The van der Waals surface area contributed by atoms with E-state index in [2.05, 4.69) is 11.2 Å². The highest BCUT2D eigenvalue weighted by atomic mass is 16.1. The zero-order valence-corrected chi connectivity index (χ0v) is 9.07. The highest BCUT2D eigenvalue weighted by Gasteiger charge is 2.23. The molecule has 0 aromatic carbocycles. The fraction of sp³-hybridized carbons (Fsp3) is 0.583. The molecule has 3 heteroatoms. The molecule has 1 amide bonds. The Morgan fingerprint density at radius 3 is 2.93 bits per heavy atom. The first kappa shape index (κ1) is 11.8. The maximum atomic E-state index is 11.7. The Morgan fingerprint density at radius 1 is 1.73 bits per heavy atom. The predicted octanol–water partition coefficient (Wildman–Crippen LogP) is 0.808. The van der Waals surface area contributed by atoms with Gasteiger partial charge in [0, 0.05) is 6.04 Å². The summed E-state index contributed by atoms with van der Waals surface area (Å²) in [6, 6.07) is -0.135. The molecule has 0 aromatic heterocycles. The topological polar surface area (TPSA) is 55.1 Å². The van der Waals surface area contributed by atoms with Crippen LogP contribution in [0.4, 0.5) is 0 Å². The molecule has 1 aliphatic rings. The molecule has 3 nitrogen and oxygen atoms in total. The molecule has 0 fully saturated rings. The zero-order valence-electron chi connectivity index (χ0n) is 9.07. The summed E-state index contributed by atoms with van der Waals surface area (Å²) in [7, 11) is 0. The Morgan fingerprint density at radius 2 is 2.47 bits per heavy atom. The number of amides is 1. The summed E-state index contributed by atoms with van der Waals surface area (Å²) in [6.45, 7) is 2.04. The number of carbonyl (C=O) groups excluding carboxylic acids is 1.